The summed E-state index contributed by atoms with van der Waals surface area (Å²) in [6.45, 7) is 11.2. The average Bonchev–Trinajstić information content (AvgIpc) is 2.76. The molecule has 0 bridgehead atoms. The van der Waals surface area contributed by atoms with Gasteiger partial charge in [0.2, 0.25) is 0 Å². The first-order valence-electron chi connectivity index (χ1n) is 8.06. The van der Waals surface area contributed by atoms with Crippen molar-refractivity contribution >= 4 is 18.3 Å². The summed E-state index contributed by atoms with van der Waals surface area (Å²) in [6, 6.07) is 8.08. The van der Waals surface area contributed by atoms with E-state index in [4.69, 9.17) is 14.0 Å². The van der Waals surface area contributed by atoms with Crippen molar-refractivity contribution in [1.82, 2.24) is 0 Å². The zero-order chi connectivity index (χ0) is 16.7. The minimum absolute atomic E-state index is 0.389. The van der Waals surface area contributed by atoms with Crippen LogP contribution >= 0.6 is 0 Å². The van der Waals surface area contributed by atoms with Crippen LogP contribution in [-0.4, -0.2) is 44.6 Å². The third-order valence-corrected chi connectivity index (χ3v) is 4.97. The highest BCUT2D eigenvalue weighted by Crippen LogP contribution is 2.36. The minimum atomic E-state index is -0.451. The summed E-state index contributed by atoms with van der Waals surface area (Å²) in [5, 5.41) is 9.36. The first-order valence-corrected chi connectivity index (χ1v) is 8.06. The maximum atomic E-state index is 9.36. The molecule has 3 rings (SSSR count). The number of hydrogen-bond acceptors (Lipinski definition) is 5. The fraction of sp³-hybridized carbons (Fsp3) is 0.588. The Morgan fingerprint density at radius 2 is 1.65 bits per heavy atom. The van der Waals surface area contributed by atoms with Crippen molar-refractivity contribution < 1.29 is 14.0 Å². The largest absolute Gasteiger partial charge is 0.494 e. The monoisotopic (exact) mass is 314 g/mol. The van der Waals surface area contributed by atoms with Gasteiger partial charge in [0, 0.05) is 18.8 Å². The van der Waals surface area contributed by atoms with E-state index in [9.17, 15) is 5.26 Å². The van der Waals surface area contributed by atoms with Crippen molar-refractivity contribution in [2.75, 3.05) is 31.2 Å². The maximum absolute atomic E-state index is 9.36. The van der Waals surface area contributed by atoms with E-state index in [0.29, 0.717) is 18.8 Å². The van der Waals surface area contributed by atoms with Gasteiger partial charge >= 0.3 is 7.12 Å². The van der Waals surface area contributed by atoms with Crippen LogP contribution < -0.4 is 10.4 Å². The molecule has 2 heterocycles. The van der Waals surface area contributed by atoms with E-state index in [0.717, 1.165) is 24.2 Å². The summed E-state index contributed by atoms with van der Waals surface area (Å²) in [4.78, 5) is 2.24. The van der Waals surface area contributed by atoms with Gasteiger partial charge < -0.3 is 18.9 Å². The summed E-state index contributed by atoms with van der Waals surface area (Å²) in [5.74, 6) is 0. The molecule has 2 fully saturated rings. The van der Waals surface area contributed by atoms with E-state index < -0.39 is 7.12 Å². The Kier molecular flexibility index (Phi) is 4.13. The van der Waals surface area contributed by atoms with Gasteiger partial charge in [0.1, 0.15) is 0 Å². The molecular weight excluding hydrogens is 291 g/mol. The number of benzene rings is 1. The molecule has 2 aliphatic rings. The Bertz CT molecular complexity index is 617. The number of nitrogens with zero attached hydrogens (tertiary/aromatic N) is 2. The molecule has 0 saturated carbocycles. The second kappa shape index (κ2) is 5.83. The molecule has 0 radical (unpaired) electrons. The molecule has 0 aromatic heterocycles. The van der Waals surface area contributed by atoms with E-state index in [1.165, 1.54) is 0 Å². The highest BCUT2D eigenvalue weighted by Gasteiger charge is 2.51. The zero-order valence-electron chi connectivity index (χ0n) is 14.3. The highest BCUT2D eigenvalue weighted by molar-refractivity contribution is 6.62. The topological polar surface area (TPSA) is 54.7 Å². The Morgan fingerprint density at radius 1 is 1.04 bits per heavy atom. The van der Waals surface area contributed by atoms with Gasteiger partial charge in [0.25, 0.3) is 0 Å². The van der Waals surface area contributed by atoms with Crippen LogP contribution in [-0.2, 0) is 14.0 Å². The van der Waals surface area contributed by atoms with E-state index in [1.54, 1.807) is 0 Å². The molecule has 0 spiro atoms. The van der Waals surface area contributed by atoms with Gasteiger partial charge in [-0.15, -0.1) is 0 Å². The third-order valence-electron chi connectivity index (χ3n) is 4.97. The van der Waals surface area contributed by atoms with Crippen LogP contribution in [0.1, 0.15) is 33.3 Å². The smallest absolute Gasteiger partial charge is 0.399 e. The number of nitriles is 1. The molecule has 5 nitrogen and oxygen atoms in total. The normalized spacial score (nSPS) is 22.9. The first kappa shape index (κ1) is 16.3. The number of hydrogen-bond donors (Lipinski definition) is 0. The maximum Gasteiger partial charge on any atom is 0.494 e. The Labute approximate surface area is 138 Å². The van der Waals surface area contributed by atoms with Crippen molar-refractivity contribution in [2.24, 2.45) is 0 Å². The van der Waals surface area contributed by atoms with Gasteiger partial charge in [0.15, 0.2) is 0 Å². The van der Waals surface area contributed by atoms with Gasteiger partial charge in [-0.3, -0.25) is 0 Å². The molecule has 122 valence electrons. The van der Waals surface area contributed by atoms with Crippen molar-refractivity contribution in [3.63, 3.8) is 0 Å². The molecule has 0 atom stereocenters. The fourth-order valence-electron chi connectivity index (χ4n) is 2.82. The fourth-order valence-corrected chi connectivity index (χ4v) is 2.82. The minimum Gasteiger partial charge on any atom is -0.399 e. The lowest BCUT2D eigenvalue weighted by molar-refractivity contribution is 0.00578. The van der Waals surface area contributed by atoms with Crippen molar-refractivity contribution in [2.45, 2.75) is 38.9 Å². The summed E-state index contributed by atoms with van der Waals surface area (Å²) in [7, 11) is -0.451. The third kappa shape index (κ3) is 3.09. The summed E-state index contributed by atoms with van der Waals surface area (Å²) < 4.78 is 17.6. The van der Waals surface area contributed by atoms with Gasteiger partial charge in [-0.05, 0) is 51.4 Å². The molecular formula is C17H23BN2O3. The lowest BCUT2D eigenvalue weighted by Gasteiger charge is -2.32. The van der Waals surface area contributed by atoms with Crippen LogP contribution in [0.3, 0.4) is 0 Å². The number of ether oxygens (including phenoxy) is 1. The Hall–Kier alpha value is -1.55. The molecule has 0 unspecified atom stereocenters. The predicted octanol–water partition coefficient (Wildman–Crippen LogP) is 1.69. The molecule has 0 aliphatic carbocycles. The molecule has 0 N–H and O–H groups in total. The van der Waals surface area contributed by atoms with E-state index in [1.807, 2.05) is 39.8 Å². The van der Waals surface area contributed by atoms with Gasteiger partial charge in [-0.1, -0.05) is 0 Å². The van der Waals surface area contributed by atoms with Crippen LogP contribution in [0.2, 0.25) is 0 Å². The molecule has 0 amide bonds. The van der Waals surface area contributed by atoms with E-state index in [2.05, 4.69) is 17.0 Å². The van der Waals surface area contributed by atoms with Crippen molar-refractivity contribution in [3.05, 3.63) is 23.8 Å². The average molecular weight is 314 g/mol. The SMILES string of the molecule is CC1(C)OB(c2cc(C#N)cc(N3CCOCC3)c2)OC1(C)C. The summed E-state index contributed by atoms with van der Waals surface area (Å²) >= 11 is 0. The van der Waals surface area contributed by atoms with Crippen LogP contribution in [0.4, 0.5) is 5.69 Å². The zero-order valence-corrected chi connectivity index (χ0v) is 14.3. The van der Waals surface area contributed by atoms with Crippen LogP contribution in [0, 0.1) is 11.3 Å². The van der Waals surface area contributed by atoms with E-state index in [-0.39, 0.29) is 11.2 Å². The summed E-state index contributed by atoms with van der Waals surface area (Å²) in [6.07, 6.45) is 0. The standard InChI is InChI=1S/C17H23BN2O3/c1-16(2)17(3,4)23-18(22-16)14-9-13(12-19)10-15(11-14)20-5-7-21-8-6-20/h9-11H,5-8H2,1-4H3. The van der Waals surface area contributed by atoms with E-state index >= 15 is 0 Å². The molecule has 2 saturated heterocycles. The van der Waals surface area contributed by atoms with Gasteiger partial charge in [-0.25, -0.2) is 0 Å². The lowest BCUT2D eigenvalue weighted by atomic mass is 9.78. The second-order valence-corrected chi connectivity index (χ2v) is 7.11. The van der Waals surface area contributed by atoms with Crippen LogP contribution in [0.25, 0.3) is 0 Å². The number of rotatable bonds is 2. The molecule has 6 heteroatoms. The molecule has 1 aromatic rings. The Morgan fingerprint density at radius 3 is 2.22 bits per heavy atom. The summed E-state index contributed by atoms with van der Waals surface area (Å²) in [5.41, 5.74) is 1.76. The molecule has 23 heavy (non-hydrogen) atoms. The predicted molar refractivity (Wildman–Crippen MR) is 89.9 cm³/mol. The second-order valence-electron chi connectivity index (χ2n) is 7.11. The highest BCUT2D eigenvalue weighted by atomic mass is 16.7. The first-order chi connectivity index (χ1) is 10.8. The van der Waals surface area contributed by atoms with Crippen molar-refractivity contribution in [1.29, 1.82) is 5.26 Å². The molecule has 1 aromatic carbocycles. The van der Waals surface area contributed by atoms with Gasteiger partial charge in [-0.2, -0.15) is 5.26 Å². The van der Waals surface area contributed by atoms with Crippen LogP contribution in [0.5, 0.6) is 0 Å². The van der Waals surface area contributed by atoms with Gasteiger partial charge in [0.05, 0.1) is 36.0 Å². The Balaban J connectivity index is 1.92. The number of morpholine rings is 1. The van der Waals surface area contributed by atoms with Crippen LogP contribution in [0.15, 0.2) is 18.2 Å². The molecule has 2 aliphatic heterocycles. The number of anilines is 1. The quantitative estimate of drug-likeness (QED) is 0.778. The van der Waals surface area contributed by atoms with Crippen molar-refractivity contribution in [3.8, 4) is 6.07 Å². The lowest BCUT2D eigenvalue weighted by Crippen LogP contribution is -2.41.